The standard InChI is InChI=1S/C19H23NO/c1-15-6-4-12-19(2,3)18(15)11-10-17(21)9-8-16-7-5-13-20-14-16/h5,7-11,13-14H,4,6,12H2,1-3H3/b9-8+,11-10+. The van der Waals surface area contributed by atoms with Gasteiger partial charge in [0.1, 0.15) is 0 Å². The van der Waals surface area contributed by atoms with Crippen LogP contribution in [0.25, 0.3) is 6.08 Å². The molecule has 0 saturated carbocycles. The Balaban J connectivity index is 2.07. The summed E-state index contributed by atoms with van der Waals surface area (Å²) in [7, 11) is 0. The fourth-order valence-electron chi connectivity index (χ4n) is 2.88. The van der Waals surface area contributed by atoms with Gasteiger partial charge in [0.2, 0.25) is 0 Å². The van der Waals surface area contributed by atoms with Crippen LogP contribution in [-0.2, 0) is 4.79 Å². The first kappa shape index (κ1) is 15.4. The number of carbonyl (C=O) groups excluding carboxylic acids is 1. The van der Waals surface area contributed by atoms with Crippen molar-refractivity contribution in [3.63, 3.8) is 0 Å². The lowest BCUT2D eigenvalue weighted by molar-refractivity contribution is -0.110. The predicted octanol–water partition coefficient (Wildman–Crippen LogP) is 4.75. The van der Waals surface area contributed by atoms with Gasteiger partial charge in [-0.1, -0.05) is 31.6 Å². The molecule has 0 saturated heterocycles. The van der Waals surface area contributed by atoms with Gasteiger partial charge in [-0.15, -0.1) is 0 Å². The highest BCUT2D eigenvalue weighted by molar-refractivity contribution is 6.02. The van der Waals surface area contributed by atoms with E-state index in [1.54, 1.807) is 30.6 Å². The lowest BCUT2D eigenvalue weighted by Gasteiger charge is -2.32. The van der Waals surface area contributed by atoms with E-state index in [4.69, 9.17) is 0 Å². The number of aromatic nitrogens is 1. The van der Waals surface area contributed by atoms with E-state index in [2.05, 4.69) is 25.8 Å². The number of ketones is 1. The number of hydrogen-bond acceptors (Lipinski definition) is 2. The molecule has 0 N–H and O–H groups in total. The first-order chi connectivity index (χ1) is 9.99. The average molecular weight is 281 g/mol. The summed E-state index contributed by atoms with van der Waals surface area (Å²) < 4.78 is 0. The molecule has 0 atom stereocenters. The highest BCUT2D eigenvalue weighted by atomic mass is 16.1. The third-order valence-corrected chi connectivity index (χ3v) is 4.08. The molecule has 0 amide bonds. The van der Waals surface area contributed by atoms with E-state index in [1.165, 1.54) is 24.0 Å². The number of carbonyl (C=O) groups is 1. The van der Waals surface area contributed by atoms with Gasteiger partial charge in [0, 0.05) is 12.4 Å². The number of pyridine rings is 1. The van der Waals surface area contributed by atoms with Crippen molar-refractivity contribution in [2.24, 2.45) is 5.41 Å². The Labute approximate surface area is 127 Å². The van der Waals surface area contributed by atoms with Crippen LogP contribution in [0.15, 0.2) is 53.9 Å². The topological polar surface area (TPSA) is 30.0 Å². The Morgan fingerprint density at radius 3 is 2.71 bits per heavy atom. The summed E-state index contributed by atoms with van der Waals surface area (Å²) >= 11 is 0. The number of nitrogens with zero attached hydrogens (tertiary/aromatic N) is 1. The van der Waals surface area contributed by atoms with Crippen LogP contribution in [0.5, 0.6) is 0 Å². The lowest BCUT2D eigenvalue weighted by Crippen LogP contribution is -2.19. The van der Waals surface area contributed by atoms with E-state index in [0.717, 1.165) is 12.0 Å². The Hall–Kier alpha value is -1.96. The molecule has 0 spiro atoms. The summed E-state index contributed by atoms with van der Waals surface area (Å²) in [5.41, 5.74) is 3.84. The summed E-state index contributed by atoms with van der Waals surface area (Å²) in [6.45, 7) is 6.69. The molecule has 1 aliphatic rings. The second kappa shape index (κ2) is 6.66. The third kappa shape index (κ3) is 4.25. The lowest BCUT2D eigenvalue weighted by atomic mass is 9.72. The summed E-state index contributed by atoms with van der Waals surface area (Å²) in [5.74, 6) is 0.0144. The smallest absolute Gasteiger partial charge is 0.178 e. The zero-order chi connectivity index (χ0) is 15.3. The molecule has 110 valence electrons. The molecule has 2 rings (SSSR count). The maximum atomic E-state index is 12.0. The first-order valence-corrected chi connectivity index (χ1v) is 7.49. The van der Waals surface area contributed by atoms with Crippen molar-refractivity contribution >= 4 is 11.9 Å². The molecule has 1 aromatic rings. The summed E-state index contributed by atoms with van der Waals surface area (Å²) in [5, 5.41) is 0. The van der Waals surface area contributed by atoms with Crippen LogP contribution in [0, 0.1) is 5.41 Å². The highest BCUT2D eigenvalue weighted by Crippen LogP contribution is 2.40. The van der Waals surface area contributed by atoms with Crippen molar-refractivity contribution in [1.29, 1.82) is 0 Å². The van der Waals surface area contributed by atoms with Gasteiger partial charge in [-0.25, -0.2) is 0 Å². The number of hydrogen-bond donors (Lipinski definition) is 0. The first-order valence-electron chi connectivity index (χ1n) is 7.49. The normalized spacial score (nSPS) is 18.6. The van der Waals surface area contributed by atoms with Gasteiger partial charge < -0.3 is 0 Å². The van der Waals surface area contributed by atoms with Crippen molar-refractivity contribution in [3.8, 4) is 0 Å². The molecule has 2 nitrogen and oxygen atoms in total. The molecule has 0 radical (unpaired) electrons. The van der Waals surface area contributed by atoms with Crippen LogP contribution >= 0.6 is 0 Å². The molecular formula is C19H23NO. The molecule has 2 heteroatoms. The van der Waals surface area contributed by atoms with Crippen LogP contribution in [0.1, 0.15) is 45.6 Å². The van der Waals surface area contributed by atoms with Crippen molar-refractivity contribution in [2.45, 2.75) is 40.0 Å². The number of rotatable bonds is 4. The van der Waals surface area contributed by atoms with Gasteiger partial charge in [0.15, 0.2) is 5.78 Å². The maximum absolute atomic E-state index is 12.0. The Bertz CT molecular complexity index is 591. The van der Waals surface area contributed by atoms with E-state index in [1.807, 2.05) is 18.2 Å². The fraction of sp³-hybridized carbons (Fsp3) is 0.368. The van der Waals surface area contributed by atoms with Gasteiger partial charge in [-0.05, 0) is 67.0 Å². The molecule has 0 unspecified atom stereocenters. The Kier molecular flexibility index (Phi) is 4.89. The minimum Gasteiger partial charge on any atom is -0.290 e. The van der Waals surface area contributed by atoms with E-state index in [-0.39, 0.29) is 11.2 Å². The quantitative estimate of drug-likeness (QED) is 0.746. The fourth-order valence-corrected chi connectivity index (χ4v) is 2.88. The minimum absolute atomic E-state index is 0.0144. The highest BCUT2D eigenvalue weighted by Gasteiger charge is 2.26. The van der Waals surface area contributed by atoms with Crippen LogP contribution in [0.2, 0.25) is 0 Å². The summed E-state index contributed by atoms with van der Waals surface area (Å²) in [4.78, 5) is 16.0. The van der Waals surface area contributed by atoms with Crippen LogP contribution in [0.3, 0.4) is 0 Å². The number of allylic oxidation sites excluding steroid dienone is 5. The largest absolute Gasteiger partial charge is 0.290 e. The third-order valence-electron chi connectivity index (χ3n) is 4.08. The minimum atomic E-state index is 0.0144. The summed E-state index contributed by atoms with van der Waals surface area (Å²) in [6, 6.07) is 3.79. The van der Waals surface area contributed by atoms with Crippen LogP contribution in [-0.4, -0.2) is 10.8 Å². The van der Waals surface area contributed by atoms with E-state index >= 15 is 0 Å². The van der Waals surface area contributed by atoms with Gasteiger partial charge in [0.05, 0.1) is 0 Å². The Morgan fingerprint density at radius 1 is 1.29 bits per heavy atom. The zero-order valence-corrected chi connectivity index (χ0v) is 13.1. The average Bonchev–Trinajstić information content (AvgIpc) is 2.45. The van der Waals surface area contributed by atoms with Gasteiger partial charge >= 0.3 is 0 Å². The van der Waals surface area contributed by atoms with Crippen molar-refractivity contribution in [2.75, 3.05) is 0 Å². The molecule has 1 aliphatic carbocycles. The Morgan fingerprint density at radius 2 is 2.05 bits per heavy atom. The van der Waals surface area contributed by atoms with E-state index in [0.29, 0.717) is 0 Å². The van der Waals surface area contributed by atoms with Crippen LogP contribution in [0.4, 0.5) is 0 Å². The molecule has 0 aliphatic heterocycles. The van der Waals surface area contributed by atoms with Crippen molar-refractivity contribution in [3.05, 3.63) is 59.5 Å². The molecule has 0 bridgehead atoms. The molecule has 1 heterocycles. The second-order valence-corrected chi connectivity index (χ2v) is 6.29. The summed E-state index contributed by atoms with van der Waals surface area (Å²) in [6.07, 6.45) is 14.1. The molecule has 1 aromatic heterocycles. The van der Waals surface area contributed by atoms with Gasteiger partial charge in [-0.3, -0.25) is 9.78 Å². The van der Waals surface area contributed by atoms with Gasteiger partial charge in [-0.2, -0.15) is 0 Å². The molecule has 21 heavy (non-hydrogen) atoms. The van der Waals surface area contributed by atoms with Crippen molar-refractivity contribution in [1.82, 2.24) is 4.98 Å². The molecule has 0 fully saturated rings. The van der Waals surface area contributed by atoms with Crippen LogP contribution < -0.4 is 0 Å². The molecular weight excluding hydrogens is 258 g/mol. The van der Waals surface area contributed by atoms with E-state index in [9.17, 15) is 4.79 Å². The van der Waals surface area contributed by atoms with E-state index < -0.39 is 0 Å². The van der Waals surface area contributed by atoms with Crippen molar-refractivity contribution < 1.29 is 4.79 Å². The SMILES string of the molecule is CC1=C(/C=C/C(=O)/C=C/c2cccnc2)C(C)(C)CCC1. The monoisotopic (exact) mass is 281 g/mol. The zero-order valence-electron chi connectivity index (χ0n) is 13.1. The molecule has 0 aromatic carbocycles. The second-order valence-electron chi connectivity index (χ2n) is 6.29. The predicted molar refractivity (Wildman–Crippen MR) is 87.8 cm³/mol. The maximum Gasteiger partial charge on any atom is 0.178 e. The van der Waals surface area contributed by atoms with Gasteiger partial charge in [0.25, 0.3) is 0 Å².